The van der Waals surface area contributed by atoms with Gasteiger partial charge < -0.3 is 19.9 Å². The lowest BCUT2D eigenvalue weighted by molar-refractivity contribution is -0.137. The molecule has 236 valence electrons. The molecule has 2 N–H and O–H groups in total. The molecule has 10 nitrogen and oxygen atoms in total. The smallest absolute Gasteiger partial charge is 0.410 e. The number of carbonyl (C=O) groups is 5. The van der Waals surface area contributed by atoms with Gasteiger partial charge in [0.05, 0.1) is 0 Å². The van der Waals surface area contributed by atoms with Crippen molar-refractivity contribution >= 4 is 35.4 Å². The Morgan fingerprint density at radius 3 is 2.40 bits per heavy atom. The monoisotopic (exact) mass is 596 g/mol. The highest BCUT2D eigenvalue weighted by atomic mass is 16.6. The van der Waals surface area contributed by atoms with Crippen LogP contribution in [0.25, 0.3) is 0 Å². The van der Waals surface area contributed by atoms with E-state index in [-0.39, 0.29) is 42.8 Å². The number of hydrogen-bond donors (Lipinski definition) is 2. The van der Waals surface area contributed by atoms with Crippen molar-refractivity contribution in [2.45, 2.75) is 129 Å². The summed E-state index contributed by atoms with van der Waals surface area (Å²) in [4.78, 5) is 66.0. The average Bonchev–Trinajstić information content (AvgIpc) is 3.27. The van der Waals surface area contributed by atoms with Gasteiger partial charge in [-0.1, -0.05) is 32.3 Å². The van der Waals surface area contributed by atoms with Gasteiger partial charge in [-0.3, -0.25) is 24.5 Å². The minimum absolute atomic E-state index is 0.108. The predicted octanol–water partition coefficient (Wildman–Crippen LogP) is 5.54. The van der Waals surface area contributed by atoms with E-state index in [0.717, 1.165) is 57.8 Å². The average molecular weight is 597 g/mol. The van der Waals surface area contributed by atoms with Crippen molar-refractivity contribution < 1.29 is 28.7 Å². The SMILES string of the molecule is CC1CCC(N(CCCCCCCC(=O)Nc2cccc3c2CN(C2CCC(=O)NC2=O)C3=O)C(=O)OC(C)(C)C)CC1. The molecular weight excluding hydrogens is 548 g/mol. The van der Waals surface area contributed by atoms with E-state index >= 15 is 0 Å². The molecule has 1 aromatic rings. The zero-order chi connectivity index (χ0) is 31.1. The van der Waals surface area contributed by atoms with E-state index in [2.05, 4.69) is 17.6 Å². The Bertz CT molecular complexity index is 1200. The quantitative estimate of drug-likeness (QED) is 0.255. The minimum atomic E-state index is -0.691. The van der Waals surface area contributed by atoms with Crippen LogP contribution in [0.5, 0.6) is 0 Å². The van der Waals surface area contributed by atoms with Gasteiger partial charge >= 0.3 is 6.09 Å². The van der Waals surface area contributed by atoms with Crippen LogP contribution < -0.4 is 10.6 Å². The van der Waals surface area contributed by atoms with Gasteiger partial charge in [0.25, 0.3) is 5.91 Å². The number of amides is 5. The van der Waals surface area contributed by atoms with E-state index in [0.29, 0.717) is 42.1 Å². The second-order valence-electron chi connectivity index (χ2n) is 13.4. The molecule has 1 unspecified atom stereocenters. The van der Waals surface area contributed by atoms with Crippen molar-refractivity contribution in [2.24, 2.45) is 5.92 Å². The summed E-state index contributed by atoms with van der Waals surface area (Å²) >= 11 is 0. The molecule has 1 aromatic carbocycles. The molecule has 43 heavy (non-hydrogen) atoms. The predicted molar refractivity (Wildman–Crippen MR) is 163 cm³/mol. The van der Waals surface area contributed by atoms with Gasteiger partial charge in [0, 0.05) is 48.8 Å². The fourth-order valence-corrected chi connectivity index (χ4v) is 6.31. The largest absolute Gasteiger partial charge is 0.444 e. The molecule has 2 heterocycles. The molecule has 0 spiro atoms. The summed E-state index contributed by atoms with van der Waals surface area (Å²) < 4.78 is 5.72. The highest BCUT2D eigenvalue weighted by Crippen LogP contribution is 2.33. The lowest BCUT2D eigenvalue weighted by Gasteiger charge is -2.37. The van der Waals surface area contributed by atoms with Crippen molar-refractivity contribution in [3.8, 4) is 0 Å². The third-order valence-electron chi connectivity index (χ3n) is 8.71. The fourth-order valence-electron chi connectivity index (χ4n) is 6.31. The van der Waals surface area contributed by atoms with E-state index in [1.165, 1.54) is 4.90 Å². The maximum atomic E-state index is 13.0. The highest BCUT2D eigenvalue weighted by molar-refractivity contribution is 6.06. The summed E-state index contributed by atoms with van der Waals surface area (Å²) in [6, 6.07) is 4.78. The summed E-state index contributed by atoms with van der Waals surface area (Å²) in [6.45, 7) is 8.91. The Hall–Kier alpha value is -3.43. The summed E-state index contributed by atoms with van der Waals surface area (Å²) in [7, 11) is 0. The van der Waals surface area contributed by atoms with E-state index in [1.54, 1.807) is 18.2 Å². The highest BCUT2D eigenvalue weighted by Gasteiger charge is 2.40. The van der Waals surface area contributed by atoms with Crippen LogP contribution in [0.15, 0.2) is 18.2 Å². The third kappa shape index (κ3) is 8.80. The van der Waals surface area contributed by atoms with Gasteiger partial charge in [-0.25, -0.2) is 4.79 Å². The number of anilines is 1. The number of benzene rings is 1. The second kappa shape index (κ2) is 14.4. The summed E-state index contributed by atoms with van der Waals surface area (Å²) in [5.74, 6) is -0.432. The van der Waals surface area contributed by atoms with Crippen molar-refractivity contribution in [1.29, 1.82) is 0 Å². The van der Waals surface area contributed by atoms with Crippen molar-refractivity contribution in [2.75, 3.05) is 11.9 Å². The Morgan fingerprint density at radius 2 is 1.70 bits per heavy atom. The Kier molecular flexibility index (Phi) is 10.8. The maximum Gasteiger partial charge on any atom is 0.410 e. The zero-order valence-corrected chi connectivity index (χ0v) is 26.2. The Balaban J connectivity index is 1.19. The molecular formula is C33H48N4O6. The lowest BCUT2D eigenvalue weighted by atomic mass is 9.86. The molecule has 1 saturated heterocycles. The van der Waals surface area contributed by atoms with Crippen LogP contribution in [0.1, 0.15) is 121 Å². The van der Waals surface area contributed by atoms with Crippen molar-refractivity contribution in [3.63, 3.8) is 0 Å². The Labute approximate surface area is 255 Å². The number of imide groups is 1. The normalized spacial score (nSPS) is 22.2. The standard InChI is InChI=1S/C33H48N4O6/c1-22-14-16-23(17-15-22)36(32(42)43-33(2,3)4)20-9-7-5-6-8-13-28(38)34-26-12-10-11-24-25(26)21-37(31(24)41)27-18-19-29(39)35-30(27)40/h10-12,22-23,27H,5-9,13-21H2,1-4H3,(H,34,38)(H,35,39,40). The molecule has 2 fully saturated rings. The topological polar surface area (TPSA) is 125 Å². The van der Waals surface area contributed by atoms with Gasteiger partial charge in [-0.05, 0) is 83.8 Å². The molecule has 2 aliphatic heterocycles. The first-order chi connectivity index (χ1) is 20.4. The number of nitrogens with zero attached hydrogens (tertiary/aromatic N) is 2. The number of ether oxygens (including phenoxy) is 1. The van der Waals surface area contributed by atoms with E-state index in [4.69, 9.17) is 4.74 Å². The first-order valence-corrected chi connectivity index (χ1v) is 16.0. The molecule has 1 atom stereocenters. The van der Waals surface area contributed by atoms with Gasteiger partial charge in [0.1, 0.15) is 11.6 Å². The number of piperidine rings is 1. The lowest BCUT2D eigenvalue weighted by Crippen LogP contribution is -2.52. The second-order valence-corrected chi connectivity index (χ2v) is 13.4. The number of carbonyl (C=O) groups excluding carboxylic acids is 5. The summed E-state index contributed by atoms with van der Waals surface area (Å²) in [5.41, 5.74) is 1.25. The van der Waals surface area contributed by atoms with Crippen LogP contribution in [0.4, 0.5) is 10.5 Å². The van der Waals surface area contributed by atoms with Crippen molar-refractivity contribution in [3.05, 3.63) is 29.3 Å². The summed E-state index contributed by atoms with van der Waals surface area (Å²) in [5, 5.41) is 5.27. The van der Waals surface area contributed by atoms with Crippen LogP contribution in [0.2, 0.25) is 0 Å². The van der Waals surface area contributed by atoms with Crippen molar-refractivity contribution in [1.82, 2.24) is 15.1 Å². The number of fused-ring (bicyclic) bond motifs is 1. The van der Waals surface area contributed by atoms with E-state index < -0.39 is 17.6 Å². The molecule has 0 aromatic heterocycles. The Morgan fingerprint density at radius 1 is 1.00 bits per heavy atom. The first-order valence-electron chi connectivity index (χ1n) is 16.0. The molecule has 1 saturated carbocycles. The molecule has 1 aliphatic carbocycles. The molecule has 5 amide bonds. The molecule has 3 aliphatic rings. The molecule has 10 heteroatoms. The first kappa shape index (κ1) is 32.5. The molecule has 4 rings (SSSR count). The molecule has 0 radical (unpaired) electrons. The number of unbranched alkanes of at least 4 members (excludes halogenated alkanes) is 4. The maximum absolute atomic E-state index is 13.0. The summed E-state index contributed by atoms with van der Waals surface area (Å²) in [6.07, 6.45) is 9.54. The number of nitrogens with one attached hydrogen (secondary N) is 2. The minimum Gasteiger partial charge on any atom is -0.444 e. The number of hydrogen-bond acceptors (Lipinski definition) is 6. The fraction of sp³-hybridized carbons (Fsp3) is 0.667. The number of rotatable bonds is 11. The van der Waals surface area contributed by atoms with Crippen LogP contribution in [0, 0.1) is 5.92 Å². The van der Waals surface area contributed by atoms with Gasteiger partial charge in [-0.15, -0.1) is 0 Å². The van der Waals surface area contributed by atoms with Crippen LogP contribution in [0.3, 0.4) is 0 Å². The zero-order valence-electron chi connectivity index (χ0n) is 26.2. The third-order valence-corrected chi connectivity index (χ3v) is 8.71. The van der Waals surface area contributed by atoms with Crippen LogP contribution >= 0.6 is 0 Å². The van der Waals surface area contributed by atoms with E-state index in [1.807, 2.05) is 25.7 Å². The van der Waals surface area contributed by atoms with Gasteiger partial charge in [0.15, 0.2) is 0 Å². The van der Waals surface area contributed by atoms with Crippen LogP contribution in [-0.2, 0) is 25.7 Å². The molecule has 0 bridgehead atoms. The van der Waals surface area contributed by atoms with Gasteiger partial charge in [0.2, 0.25) is 17.7 Å². The van der Waals surface area contributed by atoms with Crippen LogP contribution in [-0.4, -0.2) is 63.8 Å². The van der Waals surface area contributed by atoms with Gasteiger partial charge in [-0.2, -0.15) is 0 Å². The van der Waals surface area contributed by atoms with E-state index in [9.17, 15) is 24.0 Å².